The minimum absolute atomic E-state index is 0.539. The molecular weight excluding hydrogens is 194 g/mol. The standard InChI is InChI=1S/C8H6F2N2O2/c9-5-1-3(7(11)13)6(10)2-4(5)8(12)14/h1-2H,(H2,11,13)(H2,12,14). The first kappa shape index (κ1) is 10.1. The van der Waals surface area contributed by atoms with Crippen molar-refractivity contribution in [2.24, 2.45) is 11.5 Å². The van der Waals surface area contributed by atoms with Gasteiger partial charge in [-0.1, -0.05) is 0 Å². The van der Waals surface area contributed by atoms with Gasteiger partial charge in [-0.15, -0.1) is 0 Å². The van der Waals surface area contributed by atoms with E-state index in [2.05, 4.69) is 0 Å². The number of carbonyl (C=O) groups excluding carboxylic acids is 2. The molecule has 0 radical (unpaired) electrons. The van der Waals surface area contributed by atoms with Crippen molar-refractivity contribution in [1.82, 2.24) is 0 Å². The number of primary amides is 2. The third-order valence-corrected chi connectivity index (χ3v) is 1.59. The van der Waals surface area contributed by atoms with E-state index in [1.54, 1.807) is 0 Å². The number of carbonyl (C=O) groups is 2. The van der Waals surface area contributed by atoms with Crippen molar-refractivity contribution in [2.45, 2.75) is 0 Å². The smallest absolute Gasteiger partial charge is 0.251 e. The van der Waals surface area contributed by atoms with Crippen LogP contribution in [0.3, 0.4) is 0 Å². The number of rotatable bonds is 2. The Balaban J connectivity index is 3.38. The van der Waals surface area contributed by atoms with E-state index in [9.17, 15) is 18.4 Å². The molecule has 0 unspecified atom stereocenters. The highest BCUT2D eigenvalue weighted by Gasteiger charge is 2.16. The minimum atomic E-state index is -1.11. The lowest BCUT2D eigenvalue weighted by Gasteiger charge is -2.02. The van der Waals surface area contributed by atoms with Gasteiger partial charge in [-0.25, -0.2) is 8.78 Å². The molecule has 0 atom stereocenters. The van der Waals surface area contributed by atoms with E-state index < -0.39 is 34.6 Å². The maximum Gasteiger partial charge on any atom is 0.251 e. The van der Waals surface area contributed by atoms with Crippen LogP contribution in [0.2, 0.25) is 0 Å². The molecule has 1 aromatic rings. The molecule has 2 amide bonds. The third-order valence-electron chi connectivity index (χ3n) is 1.59. The zero-order chi connectivity index (χ0) is 10.9. The van der Waals surface area contributed by atoms with Crippen molar-refractivity contribution in [3.8, 4) is 0 Å². The summed E-state index contributed by atoms with van der Waals surface area (Å²) in [6, 6.07) is 1.08. The molecule has 1 aromatic carbocycles. The lowest BCUT2D eigenvalue weighted by molar-refractivity contribution is 0.0981. The number of halogens is 2. The average Bonchev–Trinajstić information content (AvgIpc) is 2.07. The summed E-state index contributed by atoms with van der Waals surface area (Å²) >= 11 is 0. The predicted molar refractivity (Wildman–Crippen MR) is 43.4 cm³/mol. The molecule has 0 spiro atoms. The second kappa shape index (κ2) is 3.41. The van der Waals surface area contributed by atoms with Gasteiger partial charge in [0, 0.05) is 0 Å². The van der Waals surface area contributed by atoms with Crippen molar-refractivity contribution in [1.29, 1.82) is 0 Å². The van der Waals surface area contributed by atoms with E-state index in [0.29, 0.717) is 12.1 Å². The molecule has 0 aliphatic carbocycles. The number of nitrogens with two attached hydrogens (primary N) is 2. The first-order valence-corrected chi connectivity index (χ1v) is 3.52. The molecule has 0 aromatic heterocycles. The molecule has 6 heteroatoms. The van der Waals surface area contributed by atoms with Gasteiger partial charge in [0.05, 0.1) is 11.1 Å². The molecule has 0 aliphatic heterocycles. The predicted octanol–water partition coefficient (Wildman–Crippen LogP) is 0.163. The fraction of sp³-hybridized carbons (Fsp3) is 0. The Hall–Kier alpha value is -1.98. The van der Waals surface area contributed by atoms with E-state index in [0.717, 1.165) is 0 Å². The highest BCUT2D eigenvalue weighted by molar-refractivity contribution is 5.96. The first-order chi connectivity index (χ1) is 6.43. The lowest BCUT2D eigenvalue weighted by atomic mass is 10.1. The summed E-state index contributed by atoms with van der Waals surface area (Å²) in [6.45, 7) is 0. The largest absolute Gasteiger partial charge is 0.366 e. The molecule has 1 rings (SSSR count). The van der Waals surface area contributed by atoms with E-state index in [1.807, 2.05) is 0 Å². The molecule has 0 heterocycles. The number of benzene rings is 1. The summed E-state index contributed by atoms with van der Waals surface area (Å²) in [4.78, 5) is 21.1. The van der Waals surface area contributed by atoms with Crippen molar-refractivity contribution in [2.75, 3.05) is 0 Å². The minimum Gasteiger partial charge on any atom is -0.366 e. The van der Waals surface area contributed by atoms with Gasteiger partial charge in [-0.05, 0) is 12.1 Å². The van der Waals surface area contributed by atoms with Crippen LogP contribution in [0, 0.1) is 11.6 Å². The van der Waals surface area contributed by atoms with Crippen molar-refractivity contribution >= 4 is 11.8 Å². The number of hydrogen-bond acceptors (Lipinski definition) is 2. The molecule has 4 N–H and O–H groups in total. The van der Waals surface area contributed by atoms with Gasteiger partial charge in [0.2, 0.25) is 0 Å². The van der Waals surface area contributed by atoms with Crippen LogP contribution in [0.1, 0.15) is 20.7 Å². The summed E-state index contributed by atoms with van der Waals surface area (Å²) < 4.78 is 25.9. The maximum absolute atomic E-state index is 13.0. The van der Waals surface area contributed by atoms with E-state index >= 15 is 0 Å². The summed E-state index contributed by atoms with van der Waals surface area (Å²) in [5.74, 6) is -4.38. The molecule has 0 bridgehead atoms. The van der Waals surface area contributed by atoms with Gasteiger partial charge in [-0.2, -0.15) is 0 Å². The van der Waals surface area contributed by atoms with Gasteiger partial charge >= 0.3 is 0 Å². The molecular formula is C8H6F2N2O2. The second-order valence-corrected chi connectivity index (χ2v) is 2.54. The Labute approximate surface area is 77.5 Å². The summed E-state index contributed by atoms with van der Waals surface area (Å²) in [5, 5.41) is 0. The molecule has 14 heavy (non-hydrogen) atoms. The fourth-order valence-corrected chi connectivity index (χ4v) is 0.924. The highest BCUT2D eigenvalue weighted by Crippen LogP contribution is 2.13. The summed E-state index contributed by atoms with van der Waals surface area (Å²) in [7, 11) is 0. The van der Waals surface area contributed by atoms with Crippen LogP contribution in [0.15, 0.2) is 12.1 Å². The zero-order valence-corrected chi connectivity index (χ0v) is 6.88. The van der Waals surface area contributed by atoms with Crippen LogP contribution in [-0.4, -0.2) is 11.8 Å². The van der Waals surface area contributed by atoms with Crippen molar-refractivity contribution in [3.63, 3.8) is 0 Å². The Morgan fingerprint density at radius 3 is 1.43 bits per heavy atom. The molecule has 4 nitrogen and oxygen atoms in total. The summed E-state index contributed by atoms with van der Waals surface area (Å²) in [5.41, 5.74) is 8.26. The zero-order valence-electron chi connectivity index (χ0n) is 6.88. The van der Waals surface area contributed by atoms with Gasteiger partial charge < -0.3 is 11.5 Å². The van der Waals surface area contributed by atoms with Crippen molar-refractivity contribution in [3.05, 3.63) is 34.9 Å². The molecule has 74 valence electrons. The van der Waals surface area contributed by atoms with Crippen LogP contribution >= 0.6 is 0 Å². The monoisotopic (exact) mass is 200 g/mol. The lowest BCUT2D eigenvalue weighted by Crippen LogP contribution is -2.18. The third kappa shape index (κ3) is 1.68. The van der Waals surface area contributed by atoms with Gasteiger partial charge in [0.25, 0.3) is 11.8 Å². The van der Waals surface area contributed by atoms with Crippen LogP contribution in [-0.2, 0) is 0 Å². The van der Waals surface area contributed by atoms with E-state index in [1.165, 1.54) is 0 Å². The van der Waals surface area contributed by atoms with Crippen LogP contribution in [0.5, 0.6) is 0 Å². The molecule has 0 fully saturated rings. The second-order valence-electron chi connectivity index (χ2n) is 2.54. The Kier molecular flexibility index (Phi) is 2.46. The maximum atomic E-state index is 13.0. The average molecular weight is 200 g/mol. The Bertz CT molecular complexity index is 378. The first-order valence-electron chi connectivity index (χ1n) is 3.52. The van der Waals surface area contributed by atoms with E-state index in [-0.39, 0.29) is 0 Å². The van der Waals surface area contributed by atoms with Gasteiger partial charge in [0.15, 0.2) is 0 Å². The normalized spacial score (nSPS) is 9.86. The Morgan fingerprint density at radius 2 is 1.21 bits per heavy atom. The van der Waals surface area contributed by atoms with Crippen LogP contribution in [0.4, 0.5) is 8.78 Å². The fourth-order valence-electron chi connectivity index (χ4n) is 0.924. The number of hydrogen-bond donors (Lipinski definition) is 2. The SMILES string of the molecule is NC(=O)c1cc(F)c(C(N)=O)cc1F. The van der Waals surface area contributed by atoms with Gasteiger partial charge in [-0.3, -0.25) is 9.59 Å². The van der Waals surface area contributed by atoms with Crippen LogP contribution < -0.4 is 11.5 Å². The Morgan fingerprint density at radius 1 is 0.929 bits per heavy atom. The van der Waals surface area contributed by atoms with Crippen LogP contribution in [0.25, 0.3) is 0 Å². The van der Waals surface area contributed by atoms with Gasteiger partial charge in [0.1, 0.15) is 11.6 Å². The molecule has 0 saturated carbocycles. The summed E-state index contributed by atoms with van der Waals surface area (Å²) in [6.07, 6.45) is 0. The number of amides is 2. The van der Waals surface area contributed by atoms with E-state index in [4.69, 9.17) is 11.5 Å². The van der Waals surface area contributed by atoms with Crippen molar-refractivity contribution < 1.29 is 18.4 Å². The highest BCUT2D eigenvalue weighted by atomic mass is 19.1. The molecule has 0 aliphatic rings. The molecule has 0 saturated heterocycles. The quantitative estimate of drug-likeness (QED) is 0.712. The topological polar surface area (TPSA) is 86.2 Å².